The predicted octanol–water partition coefficient (Wildman–Crippen LogP) is 4.63. The van der Waals surface area contributed by atoms with Gasteiger partial charge in [-0.2, -0.15) is 0 Å². The van der Waals surface area contributed by atoms with Crippen molar-refractivity contribution >= 4 is 28.4 Å². The third-order valence-corrected chi connectivity index (χ3v) is 3.59. The second-order valence-electron chi connectivity index (χ2n) is 4.81. The Morgan fingerprint density at radius 3 is 2.67 bits per heavy atom. The first-order chi connectivity index (χ1) is 10.1. The highest BCUT2D eigenvalue weighted by Gasteiger charge is 2.15. The lowest BCUT2D eigenvalue weighted by atomic mass is 10.1. The smallest absolute Gasteiger partial charge is 0.228 e. The minimum absolute atomic E-state index is 0.159. The van der Waals surface area contributed by atoms with E-state index in [2.05, 4.69) is 0 Å². The molecule has 0 saturated carbocycles. The van der Waals surface area contributed by atoms with E-state index in [1.807, 2.05) is 6.92 Å². The highest BCUT2D eigenvalue weighted by molar-refractivity contribution is 6.31. The largest absolute Gasteiger partial charge is 0.496 e. The molecule has 0 spiro atoms. The summed E-state index contributed by atoms with van der Waals surface area (Å²) in [6, 6.07) is 12.3. The van der Waals surface area contributed by atoms with Crippen LogP contribution >= 0.6 is 11.6 Å². The number of carbonyl (C=O) groups is 1. The van der Waals surface area contributed by atoms with Crippen LogP contribution < -0.4 is 4.74 Å². The summed E-state index contributed by atoms with van der Waals surface area (Å²) in [4.78, 5) is 12.5. The Morgan fingerprint density at radius 1 is 1.14 bits per heavy atom. The zero-order valence-electron chi connectivity index (χ0n) is 11.6. The van der Waals surface area contributed by atoms with Crippen molar-refractivity contribution in [3.05, 3.63) is 64.4 Å². The summed E-state index contributed by atoms with van der Waals surface area (Å²) in [5.41, 5.74) is 2.12. The van der Waals surface area contributed by atoms with E-state index < -0.39 is 0 Å². The molecule has 1 heterocycles. The molecule has 21 heavy (non-hydrogen) atoms. The van der Waals surface area contributed by atoms with Crippen LogP contribution in [0.15, 0.2) is 46.9 Å². The van der Waals surface area contributed by atoms with Gasteiger partial charge < -0.3 is 9.15 Å². The van der Waals surface area contributed by atoms with Crippen molar-refractivity contribution in [3.8, 4) is 5.75 Å². The molecule has 106 valence electrons. The van der Waals surface area contributed by atoms with Gasteiger partial charge in [0.15, 0.2) is 5.76 Å². The third-order valence-electron chi connectivity index (χ3n) is 3.36. The van der Waals surface area contributed by atoms with Crippen molar-refractivity contribution in [3.63, 3.8) is 0 Å². The fourth-order valence-corrected chi connectivity index (χ4v) is 2.47. The maximum atomic E-state index is 12.5. The van der Waals surface area contributed by atoms with Crippen LogP contribution in [-0.2, 0) is 0 Å². The fourth-order valence-electron chi connectivity index (χ4n) is 2.29. The molecule has 0 atom stereocenters. The average Bonchev–Trinajstić information content (AvgIpc) is 2.89. The van der Waals surface area contributed by atoms with Gasteiger partial charge in [-0.25, -0.2) is 0 Å². The van der Waals surface area contributed by atoms with Crippen LogP contribution in [0.1, 0.15) is 21.7 Å². The molecular formula is C17H13ClO3. The van der Waals surface area contributed by atoms with Crippen molar-refractivity contribution in [2.45, 2.75) is 6.92 Å². The van der Waals surface area contributed by atoms with Crippen LogP contribution in [0.3, 0.4) is 0 Å². The number of aryl methyl sites for hydroxylation is 1. The minimum atomic E-state index is -0.159. The molecule has 0 N–H and O–H groups in total. The molecule has 0 saturated heterocycles. The van der Waals surface area contributed by atoms with Gasteiger partial charge in [0, 0.05) is 16.0 Å². The molecule has 0 radical (unpaired) electrons. The first kappa shape index (κ1) is 13.7. The summed E-state index contributed by atoms with van der Waals surface area (Å²) in [5.74, 6) is 0.896. The van der Waals surface area contributed by atoms with Crippen LogP contribution in [0.2, 0.25) is 5.02 Å². The minimum Gasteiger partial charge on any atom is -0.496 e. The zero-order valence-corrected chi connectivity index (χ0v) is 12.4. The van der Waals surface area contributed by atoms with Gasteiger partial charge in [-0.1, -0.05) is 11.6 Å². The van der Waals surface area contributed by atoms with E-state index in [4.69, 9.17) is 20.8 Å². The molecule has 2 aromatic carbocycles. The standard InChI is InChI=1S/C17H13ClO3/c1-10-7-11(3-5-14(10)20-2)17(19)16-9-12-8-13(18)4-6-15(12)21-16/h3-9H,1-2H3. The second-order valence-corrected chi connectivity index (χ2v) is 5.24. The highest BCUT2D eigenvalue weighted by Crippen LogP contribution is 2.26. The Labute approximate surface area is 127 Å². The molecular weight excluding hydrogens is 288 g/mol. The molecule has 0 bridgehead atoms. The lowest BCUT2D eigenvalue weighted by Crippen LogP contribution is -2.00. The summed E-state index contributed by atoms with van der Waals surface area (Å²) in [6.07, 6.45) is 0. The number of ketones is 1. The van der Waals surface area contributed by atoms with Crippen molar-refractivity contribution in [2.24, 2.45) is 0 Å². The Bertz CT molecular complexity index is 833. The van der Waals surface area contributed by atoms with E-state index >= 15 is 0 Å². The number of rotatable bonds is 3. The summed E-state index contributed by atoms with van der Waals surface area (Å²) in [6.45, 7) is 1.90. The number of furan rings is 1. The highest BCUT2D eigenvalue weighted by atomic mass is 35.5. The normalized spacial score (nSPS) is 10.8. The molecule has 4 heteroatoms. The van der Waals surface area contributed by atoms with Crippen LogP contribution in [0.4, 0.5) is 0 Å². The maximum Gasteiger partial charge on any atom is 0.228 e. The molecule has 0 fully saturated rings. The zero-order chi connectivity index (χ0) is 15.0. The van der Waals surface area contributed by atoms with Gasteiger partial charge in [-0.3, -0.25) is 4.79 Å². The van der Waals surface area contributed by atoms with Gasteiger partial charge in [0.25, 0.3) is 0 Å². The van der Waals surface area contributed by atoms with E-state index in [0.717, 1.165) is 16.7 Å². The number of ether oxygens (including phenoxy) is 1. The molecule has 3 aromatic rings. The van der Waals surface area contributed by atoms with Gasteiger partial charge in [0.05, 0.1) is 7.11 Å². The number of fused-ring (bicyclic) bond motifs is 1. The van der Waals surface area contributed by atoms with Gasteiger partial charge in [-0.05, 0) is 55.0 Å². The number of benzene rings is 2. The van der Waals surface area contributed by atoms with Crippen molar-refractivity contribution < 1.29 is 13.9 Å². The van der Waals surface area contributed by atoms with E-state index in [0.29, 0.717) is 21.9 Å². The lowest BCUT2D eigenvalue weighted by Gasteiger charge is -2.05. The SMILES string of the molecule is COc1ccc(C(=O)c2cc3cc(Cl)ccc3o2)cc1C. The second kappa shape index (κ2) is 5.26. The van der Waals surface area contributed by atoms with Gasteiger partial charge in [0.1, 0.15) is 11.3 Å². The quantitative estimate of drug-likeness (QED) is 0.662. The summed E-state index contributed by atoms with van der Waals surface area (Å²) >= 11 is 5.94. The maximum absolute atomic E-state index is 12.5. The molecule has 0 aliphatic rings. The Kier molecular flexibility index (Phi) is 3.43. The van der Waals surface area contributed by atoms with E-state index in [-0.39, 0.29) is 5.78 Å². The van der Waals surface area contributed by atoms with E-state index in [1.54, 1.807) is 49.6 Å². The van der Waals surface area contributed by atoms with E-state index in [9.17, 15) is 4.79 Å². The Morgan fingerprint density at radius 2 is 1.95 bits per heavy atom. The summed E-state index contributed by atoms with van der Waals surface area (Å²) in [5, 5.41) is 1.43. The van der Waals surface area contributed by atoms with Gasteiger partial charge in [0.2, 0.25) is 5.78 Å². The van der Waals surface area contributed by atoms with Crippen molar-refractivity contribution in [2.75, 3.05) is 7.11 Å². The number of hydrogen-bond donors (Lipinski definition) is 0. The van der Waals surface area contributed by atoms with Crippen LogP contribution in [0.5, 0.6) is 5.75 Å². The summed E-state index contributed by atoms with van der Waals surface area (Å²) in [7, 11) is 1.60. The number of halogens is 1. The molecule has 0 aliphatic carbocycles. The van der Waals surface area contributed by atoms with Gasteiger partial charge in [-0.15, -0.1) is 0 Å². The van der Waals surface area contributed by atoms with Crippen molar-refractivity contribution in [1.82, 2.24) is 0 Å². The van der Waals surface area contributed by atoms with Crippen LogP contribution in [0, 0.1) is 6.92 Å². The lowest BCUT2D eigenvalue weighted by molar-refractivity contribution is 0.101. The van der Waals surface area contributed by atoms with Crippen LogP contribution in [-0.4, -0.2) is 12.9 Å². The van der Waals surface area contributed by atoms with Crippen LogP contribution in [0.25, 0.3) is 11.0 Å². The third kappa shape index (κ3) is 2.52. The summed E-state index contributed by atoms with van der Waals surface area (Å²) < 4.78 is 10.8. The molecule has 1 aromatic heterocycles. The molecule has 0 unspecified atom stereocenters. The topological polar surface area (TPSA) is 39.4 Å². The van der Waals surface area contributed by atoms with Crippen molar-refractivity contribution in [1.29, 1.82) is 0 Å². The van der Waals surface area contributed by atoms with Gasteiger partial charge >= 0.3 is 0 Å². The first-order valence-corrected chi connectivity index (χ1v) is 6.85. The van der Waals surface area contributed by atoms with E-state index in [1.165, 1.54) is 0 Å². The predicted molar refractivity (Wildman–Crippen MR) is 82.4 cm³/mol. The Hall–Kier alpha value is -2.26. The Balaban J connectivity index is 2.01. The number of hydrogen-bond acceptors (Lipinski definition) is 3. The molecule has 3 rings (SSSR count). The number of methoxy groups -OCH3 is 1. The monoisotopic (exact) mass is 300 g/mol. The number of carbonyl (C=O) groups excluding carboxylic acids is 1. The average molecular weight is 301 g/mol. The molecule has 3 nitrogen and oxygen atoms in total. The first-order valence-electron chi connectivity index (χ1n) is 6.47. The fraction of sp³-hybridized carbons (Fsp3) is 0.118. The molecule has 0 aliphatic heterocycles. The molecule has 0 amide bonds.